The van der Waals surface area contributed by atoms with Crippen molar-refractivity contribution in [3.63, 3.8) is 0 Å². The number of esters is 1. The Bertz CT molecular complexity index is 1510. The van der Waals surface area contributed by atoms with Gasteiger partial charge in [0.25, 0.3) is 6.23 Å². The van der Waals surface area contributed by atoms with Crippen LogP contribution in [-0.4, -0.2) is 70.1 Å². The highest BCUT2D eigenvalue weighted by molar-refractivity contribution is 6.35. The van der Waals surface area contributed by atoms with Crippen LogP contribution in [0.2, 0.25) is 5.02 Å². The molecule has 11 heteroatoms. The number of carbonyl (C=O) groups is 5. The molecule has 49 heavy (non-hydrogen) atoms. The summed E-state index contributed by atoms with van der Waals surface area (Å²) in [6, 6.07) is 11.1. The summed E-state index contributed by atoms with van der Waals surface area (Å²) in [4.78, 5) is 71.1. The molecule has 0 aromatic heterocycles. The van der Waals surface area contributed by atoms with E-state index < -0.39 is 52.0 Å². The first kappa shape index (κ1) is 38.2. The predicted molar refractivity (Wildman–Crippen MR) is 188 cm³/mol. The average molecular weight is 697 g/mol. The van der Waals surface area contributed by atoms with Gasteiger partial charge in [-0.2, -0.15) is 0 Å². The Kier molecular flexibility index (Phi) is 13.2. The van der Waals surface area contributed by atoms with Crippen LogP contribution in [0, 0.1) is 0 Å². The molecule has 4 rings (SSSR count). The van der Waals surface area contributed by atoms with Gasteiger partial charge in [-0.1, -0.05) is 111 Å². The van der Waals surface area contributed by atoms with E-state index in [1.807, 2.05) is 6.07 Å². The molecular weight excluding hydrogens is 646 g/mol. The molecular formula is C38H51ClN3O7+. The van der Waals surface area contributed by atoms with E-state index in [4.69, 9.17) is 21.1 Å². The van der Waals surface area contributed by atoms with Crippen molar-refractivity contribution in [1.82, 2.24) is 4.90 Å². The van der Waals surface area contributed by atoms with E-state index >= 15 is 0 Å². The number of halogens is 1. The quantitative estimate of drug-likeness (QED) is 0.0298. The molecule has 5 amide bonds. The molecule has 2 aromatic rings. The maximum absolute atomic E-state index is 14.3. The molecule has 2 aliphatic rings. The number of urea groups is 1. The lowest BCUT2D eigenvalue weighted by atomic mass is 10.0. The highest BCUT2D eigenvalue weighted by atomic mass is 35.5. The first-order valence-corrected chi connectivity index (χ1v) is 18.0. The summed E-state index contributed by atoms with van der Waals surface area (Å²) in [5.41, 5.74) is 0.150. The molecule has 2 aromatic carbocycles. The minimum Gasteiger partial charge on any atom is -0.462 e. The highest BCUT2D eigenvalue weighted by Gasteiger charge is 2.88. The van der Waals surface area contributed by atoms with Crippen LogP contribution in [0.3, 0.4) is 0 Å². The van der Waals surface area contributed by atoms with Crippen LogP contribution in [0.5, 0.6) is 0 Å². The fourth-order valence-corrected chi connectivity index (χ4v) is 6.71. The summed E-state index contributed by atoms with van der Waals surface area (Å²) in [6.45, 7) is 9.56. The Hall–Kier alpha value is -3.60. The Morgan fingerprint density at radius 2 is 1.47 bits per heavy atom. The number of carbonyl (C=O) groups excluding carboxylic acids is 5. The van der Waals surface area contributed by atoms with Crippen LogP contribution < -0.4 is 4.90 Å². The molecule has 0 aliphatic carbocycles. The van der Waals surface area contributed by atoms with Gasteiger partial charge in [0.15, 0.2) is 0 Å². The zero-order valence-electron chi connectivity index (χ0n) is 29.5. The van der Waals surface area contributed by atoms with Crippen molar-refractivity contribution in [2.45, 2.75) is 123 Å². The number of hydrogen-bond acceptors (Lipinski definition) is 7. The number of imide groups is 3. The molecule has 1 spiro atoms. The molecule has 266 valence electrons. The number of nitrogens with zero attached hydrogens (tertiary/aromatic N) is 3. The third kappa shape index (κ3) is 8.41. The lowest BCUT2D eigenvalue weighted by Crippen LogP contribution is -2.51. The minimum atomic E-state index is -1.61. The van der Waals surface area contributed by atoms with Crippen LogP contribution in [0.4, 0.5) is 10.5 Å². The molecule has 2 aliphatic heterocycles. The first-order valence-electron chi connectivity index (χ1n) is 17.7. The second kappa shape index (κ2) is 16.9. The summed E-state index contributed by atoms with van der Waals surface area (Å²) in [5.74, 6) is -2.94. The van der Waals surface area contributed by atoms with Gasteiger partial charge >= 0.3 is 35.8 Å². The summed E-state index contributed by atoms with van der Waals surface area (Å²) in [5, 5.41) is 0.158. The van der Waals surface area contributed by atoms with Crippen molar-refractivity contribution in [2.75, 3.05) is 18.1 Å². The minimum absolute atomic E-state index is 0.0301. The topological polar surface area (TPSA) is 110 Å². The van der Waals surface area contributed by atoms with Gasteiger partial charge in [0, 0.05) is 12.1 Å². The number of amides is 5. The Balaban J connectivity index is 1.46. The zero-order chi connectivity index (χ0) is 35.8. The van der Waals surface area contributed by atoms with Gasteiger partial charge in [0.2, 0.25) is 0 Å². The molecule has 3 unspecified atom stereocenters. The molecule has 0 radical (unpaired) electrons. The second-order valence-electron chi connectivity index (χ2n) is 13.8. The van der Waals surface area contributed by atoms with Gasteiger partial charge < -0.3 is 9.47 Å². The molecule has 0 bridgehead atoms. The molecule has 0 N–H and O–H groups in total. The van der Waals surface area contributed by atoms with Gasteiger partial charge in [-0.25, -0.2) is 24.1 Å². The van der Waals surface area contributed by atoms with Crippen LogP contribution in [0.1, 0.15) is 115 Å². The summed E-state index contributed by atoms with van der Waals surface area (Å²) < 4.78 is 9.94. The number of ether oxygens (including phenoxy) is 2. The van der Waals surface area contributed by atoms with Gasteiger partial charge in [-0.05, 0) is 57.9 Å². The van der Waals surface area contributed by atoms with E-state index in [1.54, 1.807) is 52.0 Å². The second-order valence-corrected chi connectivity index (χ2v) is 14.2. The lowest BCUT2D eigenvalue weighted by molar-refractivity contribution is -0.597. The molecule has 2 saturated heterocycles. The third-order valence-corrected chi connectivity index (χ3v) is 9.41. The Morgan fingerprint density at radius 3 is 2.06 bits per heavy atom. The fraction of sp³-hybridized carbons (Fsp3) is 0.553. The van der Waals surface area contributed by atoms with Crippen molar-refractivity contribution in [3.05, 3.63) is 64.7 Å². The zero-order valence-corrected chi connectivity index (χ0v) is 30.3. The molecule has 2 heterocycles. The number of rotatable bonds is 18. The molecule has 2 fully saturated rings. The summed E-state index contributed by atoms with van der Waals surface area (Å²) in [7, 11) is 0. The Labute approximate surface area is 295 Å². The number of hydrogen-bond donors (Lipinski definition) is 0. The van der Waals surface area contributed by atoms with Crippen LogP contribution in [0.25, 0.3) is 0 Å². The van der Waals surface area contributed by atoms with E-state index in [9.17, 15) is 24.0 Å². The standard InChI is InChI=1S/C38H51ClN3O7/c1-6-8-9-10-11-12-13-14-15-19-24-49-36(46)28-22-23-29(39)30(25-28)41(38(3,4)5)32(43)31-34(44)42(31)35(45)33(48-7-2)40(37(42)47)26-27-20-17-16-18-21-27/h16-18,20-23,25,31,33H,6-15,19,24,26H2,1-5H3/q+1. The van der Waals surface area contributed by atoms with Gasteiger partial charge in [0.1, 0.15) is 0 Å². The number of quaternary nitrogens is 1. The van der Waals surface area contributed by atoms with E-state index in [0.717, 1.165) is 24.8 Å². The predicted octanol–water partition coefficient (Wildman–Crippen LogP) is 7.80. The SMILES string of the molecule is CCCCCCCCCCCCOC(=O)c1ccc(Cl)c(N(C(=O)C2C(=O)[N+]23C(=O)C(OCC)N(Cc2ccccc2)C3=O)C(C)(C)C)c1. The summed E-state index contributed by atoms with van der Waals surface area (Å²) >= 11 is 6.62. The van der Waals surface area contributed by atoms with E-state index in [-0.39, 0.29) is 36.0 Å². The maximum Gasteiger partial charge on any atom is 0.438 e. The normalized spacial score (nSPS) is 20.3. The number of anilines is 1. The maximum atomic E-state index is 14.3. The van der Waals surface area contributed by atoms with Gasteiger partial charge in [-0.3, -0.25) is 9.69 Å². The average Bonchev–Trinajstić information content (AvgIpc) is 3.65. The monoisotopic (exact) mass is 696 g/mol. The lowest BCUT2D eigenvalue weighted by Gasteiger charge is -2.35. The summed E-state index contributed by atoms with van der Waals surface area (Å²) in [6.07, 6.45) is 10.3. The molecule has 3 atom stereocenters. The van der Waals surface area contributed by atoms with Gasteiger partial charge in [-0.15, -0.1) is 0 Å². The van der Waals surface area contributed by atoms with Crippen molar-refractivity contribution >= 4 is 47.0 Å². The highest BCUT2D eigenvalue weighted by Crippen LogP contribution is 2.46. The molecule has 10 nitrogen and oxygen atoms in total. The van der Waals surface area contributed by atoms with Crippen molar-refractivity contribution in [2.24, 2.45) is 0 Å². The van der Waals surface area contributed by atoms with Crippen molar-refractivity contribution in [3.8, 4) is 0 Å². The number of unbranched alkanes of at least 4 members (excludes halogenated alkanes) is 9. The Morgan fingerprint density at radius 1 is 0.857 bits per heavy atom. The largest absolute Gasteiger partial charge is 0.462 e. The van der Waals surface area contributed by atoms with E-state index in [1.165, 1.54) is 72.9 Å². The number of benzene rings is 2. The fourth-order valence-electron chi connectivity index (χ4n) is 6.51. The van der Waals surface area contributed by atoms with Crippen LogP contribution in [-0.2, 0) is 30.4 Å². The van der Waals surface area contributed by atoms with Crippen molar-refractivity contribution in [1.29, 1.82) is 0 Å². The van der Waals surface area contributed by atoms with Crippen LogP contribution in [0.15, 0.2) is 48.5 Å². The smallest absolute Gasteiger partial charge is 0.438 e. The first-order chi connectivity index (χ1) is 23.4. The van der Waals surface area contributed by atoms with E-state index in [2.05, 4.69) is 6.92 Å². The van der Waals surface area contributed by atoms with Gasteiger partial charge in [0.05, 0.1) is 29.4 Å². The van der Waals surface area contributed by atoms with Crippen LogP contribution >= 0.6 is 11.6 Å². The van der Waals surface area contributed by atoms with Crippen molar-refractivity contribution < 1.29 is 37.9 Å². The molecule has 0 saturated carbocycles. The van der Waals surface area contributed by atoms with E-state index in [0.29, 0.717) is 0 Å². The third-order valence-electron chi connectivity index (χ3n) is 9.09.